The molecular weight excluding hydrogens is 467 g/mol. The Morgan fingerprint density at radius 2 is 1.66 bits per heavy atom. The molecule has 1 aromatic heterocycles. The lowest BCUT2D eigenvalue weighted by molar-refractivity contribution is -0.192. The number of nitriles is 1. The number of nitrogens with two attached hydrogens (primary N) is 1. The molecule has 0 spiro atoms. The maximum absolute atomic E-state index is 13.1. The van der Waals surface area contributed by atoms with Crippen LogP contribution in [0.25, 0.3) is 0 Å². The number of alkyl halides is 3. The number of carboxylic acids is 1. The van der Waals surface area contributed by atoms with E-state index in [4.69, 9.17) is 15.6 Å². The molecule has 3 aliphatic heterocycles. The Hall–Kier alpha value is -3.20. The fourth-order valence-electron chi connectivity index (χ4n) is 5.75. The monoisotopic (exact) mass is 493 g/mol. The number of carboxylic acid groups (broad SMARTS) is 1. The first kappa shape index (κ1) is 24.9. The zero-order valence-electron chi connectivity index (χ0n) is 18.8. The predicted molar refractivity (Wildman–Crippen MR) is 114 cm³/mol. The number of hydrogen-bond donors (Lipinski definition) is 2. The quantitative estimate of drug-likeness (QED) is 0.656. The Balaban J connectivity index is 0.000000364. The standard InChI is InChI=1S/C21H25N5O2.C2HF3O2/c22-11-17-7-13-10-18(13)26(17)21(28)19(23)14-8-15-1-2-16(9-14)25(15)20(27)12-3-5-24-6-4-12;3-2(4,5)1(6)7/h3-6,13-19H,1-2,7-10,23H2;(H,6,7)/t13-,14?,15?,16?,17+,18+,19+;/m1./s1. The lowest BCUT2D eigenvalue weighted by Crippen LogP contribution is -2.55. The van der Waals surface area contributed by atoms with Gasteiger partial charge in [-0.25, -0.2) is 4.79 Å². The van der Waals surface area contributed by atoms with Crippen LogP contribution in [-0.2, 0) is 9.59 Å². The summed E-state index contributed by atoms with van der Waals surface area (Å²) in [6.07, 6.45) is 3.47. The van der Waals surface area contributed by atoms with Crippen LogP contribution in [0.4, 0.5) is 13.2 Å². The summed E-state index contributed by atoms with van der Waals surface area (Å²) in [5, 5.41) is 16.5. The SMILES string of the molecule is N#C[C@@H]1C[C@@H]2C[C@@H]2N1C(=O)[C@@H](N)C1CC2CCC(C1)N2C(=O)c1ccncc1.O=C(O)C(F)(F)F. The number of fused-ring (bicyclic) bond motifs is 3. The number of carbonyl (C=O) groups is 3. The maximum Gasteiger partial charge on any atom is 0.490 e. The van der Waals surface area contributed by atoms with E-state index >= 15 is 0 Å². The van der Waals surface area contributed by atoms with Gasteiger partial charge in [-0.05, 0) is 62.5 Å². The fourth-order valence-corrected chi connectivity index (χ4v) is 5.75. The van der Waals surface area contributed by atoms with Crippen LogP contribution in [-0.4, -0.2) is 74.1 Å². The predicted octanol–water partition coefficient (Wildman–Crippen LogP) is 1.94. The molecule has 1 aromatic rings. The number of pyridine rings is 1. The van der Waals surface area contributed by atoms with Gasteiger partial charge in [0, 0.05) is 36.1 Å². The van der Waals surface area contributed by atoms with Gasteiger partial charge in [-0.3, -0.25) is 14.6 Å². The molecule has 4 fully saturated rings. The lowest BCUT2D eigenvalue weighted by atomic mass is 9.84. The Morgan fingerprint density at radius 3 is 2.17 bits per heavy atom. The molecule has 0 radical (unpaired) electrons. The Kier molecular flexibility index (Phi) is 6.73. The molecule has 2 unspecified atom stereocenters. The Morgan fingerprint density at radius 1 is 1.09 bits per heavy atom. The van der Waals surface area contributed by atoms with E-state index in [1.54, 1.807) is 29.4 Å². The molecule has 1 saturated carbocycles. The van der Waals surface area contributed by atoms with Crippen LogP contribution < -0.4 is 5.73 Å². The lowest BCUT2D eigenvalue weighted by Gasteiger charge is -2.41. The van der Waals surface area contributed by atoms with Gasteiger partial charge in [0.05, 0.1) is 12.1 Å². The van der Waals surface area contributed by atoms with E-state index in [2.05, 4.69) is 11.1 Å². The summed E-state index contributed by atoms with van der Waals surface area (Å²) >= 11 is 0. The largest absolute Gasteiger partial charge is 0.490 e. The average Bonchev–Trinajstić information content (AvgIpc) is 3.42. The van der Waals surface area contributed by atoms with Crippen LogP contribution in [0.15, 0.2) is 24.5 Å². The summed E-state index contributed by atoms with van der Waals surface area (Å²) in [5.41, 5.74) is 7.11. The van der Waals surface area contributed by atoms with Crippen molar-refractivity contribution >= 4 is 17.8 Å². The number of amides is 2. The van der Waals surface area contributed by atoms with Crippen LogP contribution in [0.3, 0.4) is 0 Å². The van der Waals surface area contributed by atoms with Gasteiger partial charge in [0.1, 0.15) is 6.04 Å². The molecule has 6 atom stereocenters. The zero-order valence-corrected chi connectivity index (χ0v) is 18.8. The highest BCUT2D eigenvalue weighted by Crippen LogP contribution is 2.48. The fraction of sp³-hybridized carbons (Fsp3) is 0.609. The molecule has 3 saturated heterocycles. The van der Waals surface area contributed by atoms with Crippen molar-refractivity contribution < 1.29 is 32.7 Å². The number of likely N-dealkylation sites (tertiary alicyclic amines) is 1. The Labute approximate surface area is 199 Å². The topological polar surface area (TPSA) is 141 Å². The van der Waals surface area contributed by atoms with Gasteiger partial charge in [-0.15, -0.1) is 0 Å². The Bertz CT molecular complexity index is 1020. The van der Waals surface area contributed by atoms with Crippen molar-refractivity contribution in [1.82, 2.24) is 14.8 Å². The highest BCUT2D eigenvalue weighted by atomic mass is 19.4. The molecule has 4 aliphatic rings. The van der Waals surface area contributed by atoms with Gasteiger partial charge >= 0.3 is 12.1 Å². The number of carbonyl (C=O) groups excluding carboxylic acids is 2. The molecule has 35 heavy (non-hydrogen) atoms. The second-order valence-electron chi connectivity index (χ2n) is 9.58. The van der Waals surface area contributed by atoms with Crippen LogP contribution in [0, 0.1) is 23.2 Å². The summed E-state index contributed by atoms with van der Waals surface area (Å²) in [6.45, 7) is 0. The average molecular weight is 493 g/mol. The van der Waals surface area contributed by atoms with E-state index < -0.39 is 18.2 Å². The van der Waals surface area contributed by atoms with E-state index in [1.807, 2.05) is 4.90 Å². The molecule has 0 aromatic carbocycles. The highest BCUT2D eigenvalue weighted by Gasteiger charge is 2.56. The van der Waals surface area contributed by atoms with Crippen LogP contribution >= 0.6 is 0 Å². The minimum atomic E-state index is -5.08. The van der Waals surface area contributed by atoms with Gasteiger partial charge in [0.15, 0.2) is 0 Å². The number of aliphatic carboxylic acids is 1. The first-order valence-electron chi connectivity index (χ1n) is 11.5. The van der Waals surface area contributed by atoms with Crippen molar-refractivity contribution in [3.8, 4) is 6.07 Å². The van der Waals surface area contributed by atoms with E-state index in [0.29, 0.717) is 11.5 Å². The van der Waals surface area contributed by atoms with Gasteiger partial charge < -0.3 is 20.6 Å². The minimum absolute atomic E-state index is 0.0538. The van der Waals surface area contributed by atoms with Gasteiger partial charge in [-0.1, -0.05) is 0 Å². The molecule has 9 nitrogen and oxygen atoms in total. The summed E-state index contributed by atoms with van der Waals surface area (Å²) in [6, 6.07) is 5.41. The number of hydrogen-bond acceptors (Lipinski definition) is 6. The maximum atomic E-state index is 13.1. The van der Waals surface area contributed by atoms with Crippen LogP contribution in [0.5, 0.6) is 0 Å². The third kappa shape index (κ3) is 4.96. The van der Waals surface area contributed by atoms with Crippen molar-refractivity contribution in [3.63, 3.8) is 0 Å². The zero-order chi connectivity index (χ0) is 25.5. The molecule has 188 valence electrons. The van der Waals surface area contributed by atoms with E-state index in [0.717, 1.165) is 38.5 Å². The van der Waals surface area contributed by atoms with Crippen molar-refractivity contribution in [2.45, 2.75) is 74.9 Å². The smallest absolute Gasteiger partial charge is 0.475 e. The van der Waals surface area contributed by atoms with Gasteiger partial charge in [0.25, 0.3) is 5.91 Å². The molecule has 3 N–H and O–H groups in total. The van der Waals surface area contributed by atoms with Crippen molar-refractivity contribution in [1.29, 1.82) is 5.26 Å². The molecule has 4 heterocycles. The first-order valence-corrected chi connectivity index (χ1v) is 11.5. The molecular formula is C23H26F3N5O4. The van der Waals surface area contributed by atoms with E-state index in [9.17, 15) is 28.0 Å². The van der Waals surface area contributed by atoms with E-state index in [-0.39, 0.29) is 41.9 Å². The third-order valence-electron chi connectivity index (χ3n) is 7.47. The molecule has 12 heteroatoms. The molecule has 1 aliphatic carbocycles. The summed E-state index contributed by atoms with van der Waals surface area (Å²) in [4.78, 5) is 42.7. The number of nitrogens with zero attached hydrogens (tertiary/aromatic N) is 4. The van der Waals surface area contributed by atoms with Crippen molar-refractivity contribution in [2.24, 2.45) is 17.6 Å². The third-order valence-corrected chi connectivity index (χ3v) is 7.47. The molecule has 2 bridgehead atoms. The minimum Gasteiger partial charge on any atom is -0.475 e. The normalized spacial score (nSPS) is 31.5. The second kappa shape index (κ2) is 9.45. The second-order valence-corrected chi connectivity index (χ2v) is 9.58. The highest BCUT2D eigenvalue weighted by molar-refractivity contribution is 5.94. The van der Waals surface area contributed by atoms with E-state index in [1.165, 1.54) is 0 Å². The molecule has 2 amide bonds. The van der Waals surface area contributed by atoms with Gasteiger partial charge in [-0.2, -0.15) is 18.4 Å². The van der Waals surface area contributed by atoms with Crippen LogP contribution in [0.2, 0.25) is 0 Å². The number of halogens is 3. The van der Waals surface area contributed by atoms with Gasteiger partial charge in [0.2, 0.25) is 5.91 Å². The van der Waals surface area contributed by atoms with Crippen LogP contribution in [0.1, 0.15) is 48.9 Å². The first-order chi connectivity index (χ1) is 16.5. The number of aromatic nitrogens is 1. The van der Waals surface area contributed by atoms with Crippen molar-refractivity contribution in [2.75, 3.05) is 0 Å². The molecule has 5 rings (SSSR count). The summed E-state index contributed by atoms with van der Waals surface area (Å²) in [7, 11) is 0. The number of piperidine rings is 2. The van der Waals surface area contributed by atoms with Crippen molar-refractivity contribution in [3.05, 3.63) is 30.1 Å². The number of rotatable bonds is 3. The summed E-state index contributed by atoms with van der Waals surface area (Å²) in [5.74, 6) is -2.19. The summed E-state index contributed by atoms with van der Waals surface area (Å²) < 4.78 is 31.7.